The second-order valence-electron chi connectivity index (χ2n) is 1.81. The number of carbonyl (C=O) groups is 1. The van der Waals surface area contributed by atoms with E-state index in [0.717, 1.165) is 6.92 Å². The fraction of sp³-hybridized carbons (Fsp3) is 0.125. The van der Waals surface area contributed by atoms with Crippen LogP contribution in [0.4, 0.5) is 4.39 Å². The van der Waals surface area contributed by atoms with E-state index in [4.69, 9.17) is 9.90 Å². The largest absolute Gasteiger partial charge is 0.481 e. The first-order valence-electron chi connectivity index (χ1n) is 3.03. The molecule has 1 N–H and O–H groups in total. The molecule has 0 bridgehead atoms. The van der Waals surface area contributed by atoms with Crippen LogP contribution in [0.1, 0.15) is 6.92 Å². The SMILES string of the molecule is CC(=O)O.Cl.Fc1ccccc1. The van der Waals surface area contributed by atoms with E-state index in [1.807, 2.05) is 0 Å². The van der Waals surface area contributed by atoms with Gasteiger partial charge >= 0.3 is 0 Å². The summed E-state index contributed by atoms with van der Waals surface area (Å²) in [5.74, 6) is -1.01. The van der Waals surface area contributed by atoms with E-state index in [-0.39, 0.29) is 18.2 Å². The highest BCUT2D eigenvalue weighted by Gasteiger charge is 1.77. The molecule has 0 saturated heterocycles. The lowest BCUT2D eigenvalue weighted by Crippen LogP contribution is -1.78. The van der Waals surface area contributed by atoms with Crippen LogP contribution in [0.15, 0.2) is 30.3 Å². The van der Waals surface area contributed by atoms with Gasteiger partial charge in [-0.2, -0.15) is 0 Å². The standard InChI is InChI=1S/C6H5F.C2H4O2.ClH/c7-6-4-2-1-3-5-6;1-2(3)4;/h1-5H;1H3,(H,3,4);1H. The van der Waals surface area contributed by atoms with Gasteiger partial charge in [0.05, 0.1) is 0 Å². The van der Waals surface area contributed by atoms with Gasteiger partial charge in [0, 0.05) is 6.92 Å². The number of carboxylic acids is 1. The summed E-state index contributed by atoms with van der Waals surface area (Å²) in [6.07, 6.45) is 0. The molecule has 12 heavy (non-hydrogen) atoms. The fourth-order valence-corrected chi connectivity index (χ4v) is 0.415. The van der Waals surface area contributed by atoms with E-state index < -0.39 is 5.97 Å². The van der Waals surface area contributed by atoms with E-state index in [0.29, 0.717) is 0 Å². The Kier molecular flexibility index (Phi) is 9.01. The Morgan fingerprint density at radius 1 is 1.33 bits per heavy atom. The lowest BCUT2D eigenvalue weighted by Gasteiger charge is -1.78. The molecule has 0 fully saturated rings. The predicted octanol–water partition coefficient (Wildman–Crippen LogP) is 2.34. The molecule has 0 aromatic heterocycles. The maximum atomic E-state index is 11.9. The van der Waals surface area contributed by atoms with E-state index in [9.17, 15) is 4.39 Å². The summed E-state index contributed by atoms with van der Waals surface area (Å²) in [6.45, 7) is 1.08. The Balaban J connectivity index is 0. The maximum Gasteiger partial charge on any atom is 0.300 e. The molecule has 2 nitrogen and oxygen atoms in total. The first-order valence-corrected chi connectivity index (χ1v) is 3.03. The molecule has 1 rings (SSSR count). The quantitative estimate of drug-likeness (QED) is 0.685. The van der Waals surface area contributed by atoms with Gasteiger partial charge < -0.3 is 5.11 Å². The number of halogens is 2. The van der Waals surface area contributed by atoms with Crippen LogP contribution in [-0.2, 0) is 4.79 Å². The highest BCUT2D eigenvalue weighted by Crippen LogP contribution is 1.91. The highest BCUT2D eigenvalue weighted by atomic mass is 35.5. The summed E-state index contributed by atoms with van der Waals surface area (Å²) in [6, 6.07) is 7.94. The third kappa shape index (κ3) is 11.7. The Hall–Kier alpha value is -1.09. The van der Waals surface area contributed by atoms with Gasteiger partial charge in [-0.3, -0.25) is 4.79 Å². The molecule has 0 spiro atoms. The molecule has 0 atom stereocenters. The van der Waals surface area contributed by atoms with Crippen LogP contribution in [0, 0.1) is 5.82 Å². The van der Waals surface area contributed by atoms with Gasteiger partial charge in [0.2, 0.25) is 0 Å². The van der Waals surface area contributed by atoms with Gasteiger partial charge in [0.1, 0.15) is 5.82 Å². The topological polar surface area (TPSA) is 37.3 Å². The number of benzene rings is 1. The van der Waals surface area contributed by atoms with Crippen LogP contribution < -0.4 is 0 Å². The van der Waals surface area contributed by atoms with Crippen molar-refractivity contribution in [1.82, 2.24) is 0 Å². The molecule has 4 heteroatoms. The smallest absolute Gasteiger partial charge is 0.300 e. The summed E-state index contributed by atoms with van der Waals surface area (Å²) in [4.78, 5) is 9.00. The van der Waals surface area contributed by atoms with Gasteiger partial charge in [0.15, 0.2) is 0 Å². The van der Waals surface area contributed by atoms with Crippen molar-refractivity contribution in [2.75, 3.05) is 0 Å². The number of carboxylic acid groups (broad SMARTS) is 1. The minimum absolute atomic E-state index is 0. The second-order valence-corrected chi connectivity index (χ2v) is 1.81. The van der Waals surface area contributed by atoms with Crippen molar-refractivity contribution in [1.29, 1.82) is 0 Å². The third-order valence-electron chi connectivity index (χ3n) is 0.733. The fourth-order valence-electron chi connectivity index (χ4n) is 0.415. The molecule has 0 heterocycles. The van der Waals surface area contributed by atoms with Crippen molar-refractivity contribution in [3.63, 3.8) is 0 Å². The predicted molar refractivity (Wildman–Crippen MR) is 47.0 cm³/mol. The van der Waals surface area contributed by atoms with Gasteiger partial charge in [0.25, 0.3) is 5.97 Å². The Labute approximate surface area is 76.4 Å². The van der Waals surface area contributed by atoms with Crippen molar-refractivity contribution in [2.45, 2.75) is 6.92 Å². The zero-order valence-corrected chi connectivity index (χ0v) is 7.34. The second kappa shape index (κ2) is 8.01. The molecule has 1 aromatic carbocycles. The Bertz CT molecular complexity index is 210. The molecule has 0 aliphatic heterocycles. The molecule has 0 aliphatic carbocycles. The molecule has 1 aromatic rings. The molecule has 0 unspecified atom stereocenters. The van der Waals surface area contributed by atoms with Crippen LogP contribution in [-0.4, -0.2) is 11.1 Å². The summed E-state index contributed by atoms with van der Waals surface area (Å²) in [5, 5.41) is 7.42. The van der Waals surface area contributed by atoms with E-state index >= 15 is 0 Å². The number of hydrogen-bond acceptors (Lipinski definition) is 1. The summed E-state index contributed by atoms with van der Waals surface area (Å²) < 4.78 is 11.9. The number of hydrogen-bond donors (Lipinski definition) is 1. The molecular formula is C8H10ClFO2. The minimum Gasteiger partial charge on any atom is -0.481 e. The van der Waals surface area contributed by atoms with Gasteiger partial charge in [-0.05, 0) is 12.1 Å². The normalized spacial score (nSPS) is 7.17. The average molecular weight is 193 g/mol. The van der Waals surface area contributed by atoms with Crippen molar-refractivity contribution in [3.05, 3.63) is 36.1 Å². The van der Waals surface area contributed by atoms with Crippen molar-refractivity contribution < 1.29 is 14.3 Å². The molecular weight excluding hydrogens is 183 g/mol. The van der Waals surface area contributed by atoms with Crippen LogP contribution in [0.3, 0.4) is 0 Å². The van der Waals surface area contributed by atoms with E-state index in [1.165, 1.54) is 12.1 Å². The van der Waals surface area contributed by atoms with Gasteiger partial charge in [-0.15, -0.1) is 12.4 Å². The lowest BCUT2D eigenvalue weighted by atomic mass is 10.4. The monoisotopic (exact) mass is 192 g/mol. The first kappa shape index (κ1) is 13.5. The Morgan fingerprint density at radius 2 is 1.67 bits per heavy atom. The van der Waals surface area contributed by atoms with Crippen LogP contribution in [0.25, 0.3) is 0 Å². The molecule has 0 radical (unpaired) electrons. The molecule has 68 valence electrons. The molecule has 0 saturated carbocycles. The van der Waals surface area contributed by atoms with Crippen LogP contribution >= 0.6 is 12.4 Å². The average Bonchev–Trinajstić information content (AvgIpc) is 1.87. The van der Waals surface area contributed by atoms with Crippen molar-refractivity contribution in [3.8, 4) is 0 Å². The molecule has 0 aliphatic rings. The van der Waals surface area contributed by atoms with E-state index in [2.05, 4.69) is 0 Å². The third-order valence-corrected chi connectivity index (χ3v) is 0.733. The summed E-state index contributed by atoms with van der Waals surface area (Å²) in [7, 11) is 0. The van der Waals surface area contributed by atoms with Crippen LogP contribution in [0.5, 0.6) is 0 Å². The summed E-state index contributed by atoms with van der Waals surface area (Å²) in [5.41, 5.74) is 0. The number of aliphatic carboxylic acids is 1. The zero-order chi connectivity index (χ0) is 8.69. The van der Waals surface area contributed by atoms with Crippen molar-refractivity contribution in [2.24, 2.45) is 0 Å². The van der Waals surface area contributed by atoms with Crippen LogP contribution in [0.2, 0.25) is 0 Å². The lowest BCUT2D eigenvalue weighted by molar-refractivity contribution is -0.134. The number of rotatable bonds is 0. The minimum atomic E-state index is -0.833. The van der Waals surface area contributed by atoms with Crippen molar-refractivity contribution >= 4 is 18.4 Å². The zero-order valence-electron chi connectivity index (χ0n) is 6.53. The highest BCUT2D eigenvalue weighted by molar-refractivity contribution is 5.85. The maximum absolute atomic E-state index is 11.9. The summed E-state index contributed by atoms with van der Waals surface area (Å²) >= 11 is 0. The van der Waals surface area contributed by atoms with Gasteiger partial charge in [-0.25, -0.2) is 4.39 Å². The Morgan fingerprint density at radius 3 is 1.83 bits per heavy atom. The molecule has 0 amide bonds. The van der Waals surface area contributed by atoms with E-state index in [1.54, 1.807) is 18.2 Å². The van der Waals surface area contributed by atoms with Gasteiger partial charge in [-0.1, -0.05) is 18.2 Å². The first-order chi connectivity index (χ1) is 5.13.